The van der Waals surface area contributed by atoms with Crippen LogP contribution in [0.2, 0.25) is 10.3 Å². The van der Waals surface area contributed by atoms with Crippen molar-refractivity contribution in [2.24, 2.45) is 28.1 Å². The number of halogens is 2. The van der Waals surface area contributed by atoms with Gasteiger partial charge in [-0.2, -0.15) is 0 Å². The highest BCUT2D eigenvalue weighted by Crippen LogP contribution is 2.49. The molecule has 6 aromatic rings. The highest BCUT2D eigenvalue weighted by molar-refractivity contribution is 7.90. The zero-order chi connectivity index (χ0) is 61.3. The van der Waals surface area contributed by atoms with E-state index in [1.165, 1.54) is 116 Å². The number of aromatic nitrogens is 6. The molecular formula is C63H81Cl2N9O10S2. The van der Waals surface area contributed by atoms with Crippen LogP contribution in [0.5, 0.6) is 23.3 Å². The molecule has 4 fully saturated rings. The van der Waals surface area contributed by atoms with Gasteiger partial charge < -0.3 is 24.3 Å². The molecule has 1 aliphatic heterocycles. The summed E-state index contributed by atoms with van der Waals surface area (Å²) in [4.78, 5) is 34.0. The summed E-state index contributed by atoms with van der Waals surface area (Å²) >= 11 is 12.6. The predicted octanol–water partition coefficient (Wildman–Crippen LogP) is 12.5. The maximum absolute atomic E-state index is 12.9. The molecule has 0 bridgehead atoms. The van der Waals surface area contributed by atoms with E-state index in [1.54, 1.807) is 48.8 Å². The number of nitrogens with one attached hydrogen (secondary N) is 3. The van der Waals surface area contributed by atoms with Gasteiger partial charge in [0.15, 0.2) is 11.6 Å². The molecule has 10 rings (SSSR count). The molecule has 5 heterocycles. The fourth-order valence-corrected chi connectivity index (χ4v) is 13.3. The van der Waals surface area contributed by atoms with E-state index in [1.807, 2.05) is 0 Å². The molecule has 2 aromatic carbocycles. The second kappa shape index (κ2) is 27.4. The van der Waals surface area contributed by atoms with Gasteiger partial charge in [-0.15, -0.1) is 10.2 Å². The number of hydrogen-bond acceptors (Lipinski definition) is 15. The summed E-state index contributed by atoms with van der Waals surface area (Å²) in [6, 6.07) is 21.3. The Morgan fingerprint density at radius 3 is 1.38 bits per heavy atom. The molecule has 23 heteroatoms. The molecule has 3 N–H and O–H groups in total. The van der Waals surface area contributed by atoms with E-state index in [-0.39, 0.29) is 36.8 Å². The van der Waals surface area contributed by atoms with Crippen LogP contribution >= 0.6 is 23.2 Å². The van der Waals surface area contributed by atoms with Crippen molar-refractivity contribution in [2.75, 3.05) is 33.0 Å². The van der Waals surface area contributed by atoms with Crippen LogP contribution in [0.1, 0.15) is 165 Å². The van der Waals surface area contributed by atoms with Gasteiger partial charge in [-0.05, 0) is 218 Å². The second-order valence-electron chi connectivity index (χ2n) is 25.6. The van der Waals surface area contributed by atoms with Crippen LogP contribution in [0.15, 0.2) is 107 Å². The first-order valence-electron chi connectivity index (χ1n) is 29.9. The summed E-state index contributed by atoms with van der Waals surface area (Å²) in [5.41, 5.74) is 1.34. The highest BCUT2D eigenvalue weighted by Gasteiger charge is 2.38. The SMILES string of the molecule is CC1(C)CCC(CCCCOc2ccc(S(=O)(=O)NC(=O)c3ccc(-n4ccc(OCCC5(C)CC5)n4)nc3Cl)cc2)C1.CC1(CCOc2ccn(-c3ccc(C(=O)NS(=O)(=O)c4ccc(OCCCCC5CNC(C)(C)C5)cc4)c(Cl)n3)n2)CC1. The van der Waals surface area contributed by atoms with E-state index in [2.05, 4.69) is 76.5 Å². The molecule has 2 atom stereocenters. The van der Waals surface area contributed by atoms with Gasteiger partial charge in [0.1, 0.15) is 21.8 Å². The van der Waals surface area contributed by atoms with Crippen LogP contribution in [0.3, 0.4) is 0 Å². The Labute approximate surface area is 516 Å². The number of nitrogens with zero attached hydrogens (tertiary/aromatic N) is 6. The van der Waals surface area contributed by atoms with E-state index >= 15 is 0 Å². The number of hydrogen-bond donors (Lipinski definition) is 3. The summed E-state index contributed by atoms with van der Waals surface area (Å²) in [6.45, 7) is 17.0. The van der Waals surface area contributed by atoms with Crippen LogP contribution in [0.25, 0.3) is 11.6 Å². The molecule has 2 unspecified atom stereocenters. The Hall–Kier alpha value is -6.26. The molecule has 464 valence electrons. The maximum Gasteiger partial charge on any atom is 0.268 e. The summed E-state index contributed by atoms with van der Waals surface area (Å²) in [5, 5.41) is 12.0. The molecule has 19 nitrogen and oxygen atoms in total. The lowest BCUT2D eigenvalue weighted by Crippen LogP contribution is -2.31. The van der Waals surface area contributed by atoms with Crippen molar-refractivity contribution in [1.29, 1.82) is 0 Å². The molecule has 2 amide bonds. The van der Waals surface area contributed by atoms with Crippen LogP contribution < -0.4 is 33.7 Å². The lowest BCUT2D eigenvalue weighted by molar-refractivity contribution is 0.0972. The topological polar surface area (TPSA) is 237 Å². The highest BCUT2D eigenvalue weighted by atomic mass is 35.5. The molecule has 3 aliphatic carbocycles. The van der Waals surface area contributed by atoms with Gasteiger partial charge in [0.2, 0.25) is 11.8 Å². The van der Waals surface area contributed by atoms with Crippen molar-refractivity contribution in [3.8, 4) is 34.9 Å². The first kappa shape index (κ1) is 64.2. The zero-order valence-corrected chi connectivity index (χ0v) is 53.2. The van der Waals surface area contributed by atoms with Crippen LogP contribution in [-0.2, 0) is 20.0 Å². The van der Waals surface area contributed by atoms with E-state index in [4.69, 9.17) is 42.1 Å². The number of pyridine rings is 2. The third kappa shape index (κ3) is 18.4. The van der Waals surface area contributed by atoms with Crippen molar-refractivity contribution in [1.82, 2.24) is 44.3 Å². The van der Waals surface area contributed by atoms with Crippen molar-refractivity contribution >= 4 is 55.1 Å². The Bertz CT molecular complexity index is 3300. The Morgan fingerprint density at radius 2 is 1.00 bits per heavy atom. The minimum atomic E-state index is -4.14. The Kier molecular flexibility index (Phi) is 20.5. The van der Waals surface area contributed by atoms with Crippen molar-refractivity contribution in [2.45, 2.75) is 160 Å². The van der Waals surface area contributed by atoms with Crippen molar-refractivity contribution < 1.29 is 45.4 Å². The number of sulfonamides is 2. The standard InChI is InChI=1S/C32H41ClN4O5S.C31H40ClN5O5S/c1-31(2)15-13-23(22-31)6-4-5-20-41-24-7-9-25(10-8-24)43(39,40)36-30(38)26-11-12-27(34-29(26)33)37-19-14-28(35-37)42-21-18-32(3)16-17-32;1-30(2)20-22(21-33-30)6-4-5-18-41-23-7-9-24(10-8-23)43(39,40)36-29(38)25-11-12-26(34-28(25)32)37-17-13-27(35-37)42-19-16-31(3)14-15-31/h7-12,14,19,23H,4-6,13,15-18,20-22H2,1-3H3,(H,36,38);7-13,17,22,33H,4-6,14-16,18-21H2,1-3H3,(H,36,38). The number of carbonyl (C=O) groups is 2. The average molecular weight is 1260 g/mol. The van der Waals surface area contributed by atoms with Crippen LogP contribution in [0, 0.1) is 28.1 Å². The quantitative estimate of drug-likeness (QED) is 0.0306. The third-order valence-corrected chi connectivity index (χ3v) is 20.2. The number of ether oxygens (including phenoxy) is 4. The molecule has 4 aliphatic rings. The van der Waals surface area contributed by atoms with Gasteiger partial charge in [-0.3, -0.25) is 9.59 Å². The van der Waals surface area contributed by atoms with Crippen LogP contribution in [0.4, 0.5) is 0 Å². The van der Waals surface area contributed by atoms with Gasteiger partial charge >= 0.3 is 0 Å². The number of rotatable bonds is 28. The summed E-state index contributed by atoms with van der Waals surface area (Å²) in [7, 11) is -8.28. The third-order valence-electron chi connectivity index (χ3n) is 16.9. The molecule has 1 saturated heterocycles. The van der Waals surface area contributed by atoms with Gasteiger partial charge in [-0.25, -0.2) is 45.6 Å². The fourth-order valence-electron chi connectivity index (χ4n) is 10.9. The Balaban J connectivity index is 0.000000205. The molecule has 0 spiro atoms. The van der Waals surface area contributed by atoms with E-state index in [9.17, 15) is 26.4 Å². The fraction of sp³-hybridized carbons (Fsp3) is 0.524. The minimum absolute atomic E-state index is 0.0579. The minimum Gasteiger partial charge on any atom is -0.494 e. The normalized spacial score (nSPS) is 18.7. The molecule has 3 saturated carbocycles. The smallest absolute Gasteiger partial charge is 0.268 e. The van der Waals surface area contributed by atoms with Crippen molar-refractivity contribution in [3.63, 3.8) is 0 Å². The van der Waals surface area contributed by atoms with E-state index in [0.29, 0.717) is 83.5 Å². The van der Waals surface area contributed by atoms with Gasteiger partial charge in [0.05, 0.1) is 47.3 Å². The molecule has 4 aromatic heterocycles. The largest absolute Gasteiger partial charge is 0.494 e. The monoisotopic (exact) mass is 1260 g/mol. The summed E-state index contributed by atoms with van der Waals surface area (Å²) in [5.74, 6) is 2.57. The van der Waals surface area contributed by atoms with E-state index < -0.39 is 31.9 Å². The van der Waals surface area contributed by atoms with Crippen molar-refractivity contribution in [3.05, 3.63) is 119 Å². The van der Waals surface area contributed by atoms with Gasteiger partial charge in [0, 0.05) is 30.1 Å². The average Bonchev–Trinajstić information content (AvgIpc) is 2.68. The predicted molar refractivity (Wildman–Crippen MR) is 330 cm³/mol. The zero-order valence-electron chi connectivity index (χ0n) is 50.1. The number of benzene rings is 2. The van der Waals surface area contributed by atoms with Gasteiger partial charge in [0.25, 0.3) is 31.9 Å². The maximum atomic E-state index is 12.9. The number of amides is 2. The molecule has 0 radical (unpaired) electrons. The summed E-state index contributed by atoms with van der Waals surface area (Å²) in [6.07, 6.45) is 21.8. The first-order valence-corrected chi connectivity index (χ1v) is 33.6. The molecule has 86 heavy (non-hydrogen) atoms. The number of carbonyl (C=O) groups excluding carboxylic acids is 2. The second-order valence-corrected chi connectivity index (χ2v) is 29.7. The first-order chi connectivity index (χ1) is 40.8. The summed E-state index contributed by atoms with van der Waals surface area (Å²) < 4.78 is 81.7. The Morgan fingerprint density at radius 1 is 0.558 bits per heavy atom. The lowest BCUT2D eigenvalue weighted by Gasteiger charge is -2.17. The lowest BCUT2D eigenvalue weighted by atomic mass is 9.89. The number of unbranched alkanes of at least 4 members (excludes halogenated alkanes) is 2. The van der Waals surface area contributed by atoms with E-state index in [0.717, 1.165) is 57.4 Å². The van der Waals surface area contributed by atoms with Crippen LogP contribution in [-0.4, -0.2) is 96.7 Å². The van der Waals surface area contributed by atoms with Gasteiger partial charge in [-0.1, -0.05) is 57.3 Å². The molecular weight excluding hydrogens is 1180 g/mol.